The monoisotopic (exact) mass is 492 g/mol. The van der Waals surface area contributed by atoms with Gasteiger partial charge in [-0.15, -0.1) is 0 Å². The van der Waals surface area contributed by atoms with Gasteiger partial charge in [-0.3, -0.25) is 24.5 Å². The number of aromatic amines is 1. The van der Waals surface area contributed by atoms with Crippen molar-refractivity contribution in [3.05, 3.63) is 84.1 Å². The van der Waals surface area contributed by atoms with Crippen LogP contribution in [0.4, 0.5) is 0 Å². The molecular formula is C25H28N6O3S. The minimum absolute atomic E-state index is 0.181. The van der Waals surface area contributed by atoms with Gasteiger partial charge >= 0.3 is 0 Å². The summed E-state index contributed by atoms with van der Waals surface area (Å²) in [5.74, 6) is -0.391. The van der Waals surface area contributed by atoms with Gasteiger partial charge in [0.25, 0.3) is 5.91 Å². The summed E-state index contributed by atoms with van der Waals surface area (Å²) in [6.45, 7) is 8.52. The molecule has 35 heavy (non-hydrogen) atoms. The van der Waals surface area contributed by atoms with E-state index in [2.05, 4.69) is 42.8 Å². The van der Waals surface area contributed by atoms with Crippen molar-refractivity contribution in [2.45, 2.75) is 19.9 Å². The number of sulfonamides is 1. The normalized spacial score (nSPS) is 14.7. The lowest BCUT2D eigenvalue weighted by molar-refractivity contribution is 0.0963. The van der Waals surface area contributed by atoms with Gasteiger partial charge in [-0.2, -0.15) is 5.10 Å². The van der Waals surface area contributed by atoms with E-state index in [0.29, 0.717) is 11.1 Å². The number of benzene rings is 1. The van der Waals surface area contributed by atoms with Crippen molar-refractivity contribution in [3.8, 4) is 11.1 Å². The molecule has 1 saturated heterocycles. The van der Waals surface area contributed by atoms with Crippen LogP contribution in [-0.2, 0) is 16.6 Å². The first-order chi connectivity index (χ1) is 16.7. The second kappa shape index (κ2) is 10.2. The molecule has 0 radical (unpaired) electrons. The Balaban J connectivity index is 1.53. The van der Waals surface area contributed by atoms with Gasteiger partial charge in [0.2, 0.25) is 10.0 Å². The summed E-state index contributed by atoms with van der Waals surface area (Å²) in [5.41, 5.74) is 4.73. The van der Waals surface area contributed by atoms with Gasteiger partial charge in [0.1, 0.15) is 0 Å². The first-order valence-corrected chi connectivity index (χ1v) is 13.1. The highest BCUT2D eigenvalue weighted by Crippen LogP contribution is 2.26. The van der Waals surface area contributed by atoms with Crippen molar-refractivity contribution < 1.29 is 13.2 Å². The van der Waals surface area contributed by atoms with Crippen LogP contribution in [0.2, 0.25) is 0 Å². The number of allylic oxidation sites excluding steroid dienone is 3. The van der Waals surface area contributed by atoms with E-state index in [1.54, 1.807) is 19.1 Å². The van der Waals surface area contributed by atoms with Crippen LogP contribution >= 0.6 is 0 Å². The predicted octanol–water partition coefficient (Wildman–Crippen LogP) is 3.08. The summed E-state index contributed by atoms with van der Waals surface area (Å²) in [7, 11) is -3.42. The Hall–Kier alpha value is -3.76. The summed E-state index contributed by atoms with van der Waals surface area (Å²) < 4.78 is 24.9. The number of nitrogens with zero attached hydrogens (tertiary/aromatic N) is 3. The maximum atomic E-state index is 13.0. The minimum atomic E-state index is -3.42. The number of hydrogen-bond acceptors (Lipinski definition) is 6. The fraction of sp³-hybridized carbons (Fsp3) is 0.240. The van der Waals surface area contributed by atoms with E-state index in [-0.39, 0.29) is 11.4 Å². The lowest BCUT2D eigenvalue weighted by Gasteiger charge is -2.30. The number of pyridine rings is 1. The largest absolute Gasteiger partial charge is 0.321 e. The maximum absolute atomic E-state index is 13.0. The van der Waals surface area contributed by atoms with Crippen molar-refractivity contribution in [3.63, 3.8) is 0 Å². The van der Waals surface area contributed by atoms with Gasteiger partial charge in [0.05, 0.1) is 11.8 Å². The SMILES string of the molecule is C=C(/C=C\C(=C/C)NC(=O)c1n[nH]c2ccc(-c3cncc(CN4CCC4)c3)cc12)NS(C)(=O)=O. The van der Waals surface area contributed by atoms with Gasteiger partial charge in [-0.05, 0) is 67.9 Å². The number of amides is 1. The molecule has 1 aliphatic heterocycles. The van der Waals surface area contributed by atoms with E-state index in [9.17, 15) is 13.2 Å². The molecule has 3 aromatic rings. The molecule has 1 fully saturated rings. The van der Waals surface area contributed by atoms with Crippen LogP contribution in [0.5, 0.6) is 0 Å². The molecule has 4 rings (SSSR count). The molecule has 3 N–H and O–H groups in total. The number of nitrogens with one attached hydrogen (secondary N) is 3. The van der Waals surface area contributed by atoms with Crippen LogP contribution in [-0.4, -0.2) is 53.8 Å². The van der Waals surface area contributed by atoms with E-state index in [1.165, 1.54) is 12.5 Å². The summed E-state index contributed by atoms with van der Waals surface area (Å²) in [4.78, 5) is 19.8. The van der Waals surface area contributed by atoms with Gasteiger partial charge in [-0.25, -0.2) is 8.42 Å². The number of carbonyl (C=O) groups excluding carboxylic acids is 1. The highest BCUT2D eigenvalue weighted by molar-refractivity contribution is 7.88. The molecule has 3 heterocycles. The third kappa shape index (κ3) is 6.23. The first-order valence-electron chi connectivity index (χ1n) is 11.2. The van der Waals surface area contributed by atoms with Gasteiger partial charge in [0, 0.05) is 41.3 Å². The van der Waals surface area contributed by atoms with Crippen LogP contribution in [0.3, 0.4) is 0 Å². The molecule has 1 amide bonds. The predicted molar refractivity (Wildman–Crippen MR) is 137 cm³/mol. The molecule has 9 nitrogen and oxygen atoms in total. The molecule has 182 valence electrons. The van der Waals surface area contributed by atoms with Crippen molar-refractivity contribution in [2.24, 2.45) is 0 Å². The van der Waals surface area contributed by atoms with Gasteiger partial charge < -0.3 is 5.32 Å². The molecular weight excluding hydrogens is 464 g/mol. The minimum Gasteiger partial charge on any atom is -0.321 e. The fourth-order valence-corrected chi connectivity index (χ4v) is 4.30. The lowest BCUT2D eigenvalue weighted by atomic mass is 10.0. The topological polar surface area (TPSA) is 120 Å². The van der Waals surface area contributed by atoms with Gasteiger partial charge in [0.15, 0.2) is 5.69 Å². The van der Waals surface area contributed by atoms with Crippen molar-refractivity contribution in [1.82, 2.24) is 30.1 Å². The summed E-state index contributed by atoms with van der Waals surface area (Å²) in [5, 5.41) is 10.6. The Kier molecular flexibility index (Phi) is 7.13. The average molecular weight is 493 g/mol. The Morgan fingerprint density at radius 2 is 2.00 bits per heavy atom. The number of rotatable bonds is 9. The standard InChI is InChI=1S/C25H28N6O3S/c1-4-21(8-6-17(2)30-35(3,33)34)27-25(32)24-22-13-19(7-9-23(22)28-29-24)20-12-18(14-26-15-20)16-31-10-5-11-31/h4,6-9,12-15,30H,2,5,10-11,16H2,1,3H3,(H,27,32)(H,28,29)/b8-6-,21-4+. The third-order valence-corrected chi connectivity index (χ3v) is 6.24. The number of carbonyl (C=O) groups is 1. The Labute approximate surface area is 204 Å². The number of likely N-dealkylation sites (tertiary alicyclic amines) is 1. The van der Waals surface area contributed by atoms with Crippen LogP contribution < -0.4 is 10.0 Å². The highest BCUT2D eigenvalue weighted by atomic mass is 32.2. The highest BCUT2D eigenvalue weighted by Gasteiger charge is 2.17. The summed E-state index contributed by atoms with van der Waals surface area (Å²) >= 11 is 0. The molecule has 0 spiro atoms. The molecule has 0 saturated carbocycles. The zero-order valence-electron chi connectivity index (χ0n) is 19.7. The second-order valence-electron chi connectivity index (χ2n) is 8.48. The van der Waals surface area contributed by atoms with Crippen LogP contribution in [0.1, 0.15) is 29.4 Å². The second-order valence-corrected chi connectivity index (χ2v) is 10.2. The third-order valence-electron chi connectivity index (χ3n) is 5.61. The van der Waals surface area contributed by atoms with Crippen molar-refractivity contribution in [2.75, 3.05) is 19.3 Å². The fourth-order valence-electron chi connectivity index (χ4n) is 3.76. The Morgan fingerprint density at radius 1 is 1.20 bits per heavy atom. The number of hydrogen-bond donors (Lipinski definition) is 3. The average Bonchev–Trinajstić information content (AvgIpc) is 3.21. The zero-order valence-corrected chi connectivity index (χ0v) is 20.5. The lowest BCUT2D eigenvalue weighted by Crippen LogP contribution is -2.36. The van der Waals surface area contributed by atoms with Crippen LogP contribution in [0, 0.1) is 0 Å². The molecule has 0 atom stereocenters. The van der Waals surface area contributed by atoms with Crippen molar-refractivity contribution >= 4 is 26.8 Å². The van der Waals surface area contributed by atoms with Crippen LogP contribution in [0.25, 0.3) is 22.0 Å². The zero-order chi connectivity index (χ0) is 25.0. The van der Waals surface area contributed by atoms with E-state index in [0.717, 1.165) is 48.1 Å². The number of fused-ring (bicyclic) bond motifs is 1. The Bertz CT molecular complexity index is 1430. The Morgan fingerprint density at radius 3 is 2.69 bits per heavy atom. The molecule has 0 bridgehead atoms. The molecule has 1 aromatic carbocycles. The number of H-pyrrole nitrogens is 1. The summed E-state index contributed by atoms with van der Waals surface area (Å²) in [6.07, 6.45) is 10.7. The molecule has 1 aliphatic rings. The molecule has 0 unspecified atom stereocenters. The molecule has 0 aliphatic carbocycles. The van der Waals surface area contributed by atoms with E-state index in [1.807, 2.05) is 30.6 Å². The summed E-state index contributed by atoms with van der Waals surface area (Å²) in [6, 6.07) is 7.94. The quantitative estimate of drug-likeness (QED) is 0.395. The molecule has 2 aromatic heterocycles. The molecule has 10 heteroatoms. The van der Waals surface area contributed by atoms with E-state index < -0.39 is 15.9 Å². The smallest absolute Gasteiger partial charge is 0.276 e. The maximum Gasteiger partial charge on any atom is 0.276 e. The first kappa shape index (κ1) is 24.4. The number of aromatic nitrogens is 3. The van der Waals surface area contributed by atoms with Crippen LogP contribution in [0.15, 0.2) is 72.9 Å². The van der Waals surface area contributed by atoms with Crippen molar-refractivity contribution in [1.29, 1.82) is 0 Å². The van der Waals surface area contributed by atoms with Gasteiger partial charge in [-0.1, -0.05) is 18.7 Å². The van der Waals surface area contributed by atoms with E-state index in [4.69, 9.17) is 0 Å². The van der Waals surface area contributed by atoms with E-state index >= 15 is 0 Å².